The summed E-state index contributed by atoms with van der Waals surface area (Å²) in [6, 6.07) is 1.54. The third kappa shape index (κ3) is 3.23. The molecule has 1 aromatic rings. The summed E-state index contributed by atoms with van der Waals surface area (Å²) in [5.41, 5.74) is 0. The summed E-state index contributed by atoms with van der Waals surface area (Å²) in [6.45, 7) is 0.250. The van der Waals surface area contributed by atoms with E-state index >= 15 is 0 Å². The van der Waals surface area contributed by atoms with Crippen LogP contribution in [-0.4, -0.2) is 31.1 Å². The van der Waals surface area contributed by atoms with Crippen molar-refractivity contribution in [2.45, 2.75) is 29.6 Å². The molecule has 4 nitrogen and oxygen atoms in total. The third-order valence-electron chi connectivity index (χ3n) is 2.66. The summed E-state index contributed by atoms with van der Waals surface area (Å²) < 4.78 is 26.6. The van der Waals surface area contributed by atoms with Gasteiger partial charge in [0.25, 0.3) is 0 Å². The van der Waals surface area contributed by atoms with Gasteiger partial charge in [-0.1, -0.05) is 0 Å². The van der Waals surface area contributed by atoms with Crippen LogP contribution in [0.4, 0.5) is 0 Å². The Morgan fingerprint density at radius 1 is 1.53 bits per heavy atom. The second-order valence-corrected chi connectivity index (χ2v) is 8.00. The van der Waals surface area contributed by atoms with E-state index in [1.54, 1.807) is 11.4 Å². The Bertz CT molecular complexity index is 463. The summed E-state index contributed by atoms with van der Waals surface area (Å²) in [4.78, 5) is 0.713. The highest BCUT2D eigenvalue weighted by Gasteiger charge is 2.22. The molecule has 0 bridgehead atoms. The summed E-state index contributed by atoms with van der Waals surface area (Å²) in [6.07, 6.45) is 2.24. The molecule has 2 heterocycles. The number of hydrogen-bond acceptors (Lipinski definition) is 5. The fraction of sp³-hybridized carbons (Fsp3) is 0.600. The first-order chi connectivity index (χ1) is 8.13. The minimum absolute atomic E-state index is 0.216. The van der Waals surface area contributed by atoms with Gasteiger partial charge in [0.15, 0.2) is 0 Å². The fourth-order valence-electron chi connectivity index (χ4n) is 1.77. The smallest absolute Gasteiger partial charge is 0.241 e. The van der Waals surface area contributed by atoms with Crippen LogP contribution >= 0.6 is 23.1 Å². The van der Waals surface area contributed by atoms with Crippen LogP contribution in [0.3, 0.4) is 0 Å². The minimum Gasteiger partial charge on any atom is -0.391 e. The van der Waals surface area contributed by atoms with E-state index in [1.807, 2.05) is 11.8 Å². The molecule has 2 rings (SSSR count). The minimum atomic E-state index is -3.46. The molecule has 17 heavy (non-hydrogen) atoms. The Morgan fingerprint density at radius 3 is 3.00 bits per heavy atom. The zero-order valence-electron chi connectivity index (χ0n) is 9.26. The Kier molecular flexibility index (Phi) is 4.48. The van der Waals surface area contributed by atoms with Crippen LogP contribution in [0.2, 0.25) is 0 Å². The van der Waals surface area contributed by atoms with Crippen molar-refractivity contribution in [3.8, 4) is 0 Å². The topological polar surface area (TPSA) is 66.4 Å². The van der Waals surface area contributed by atoms with Crippen LogP contribution in [0.15, 0.2) is 16.3 Å². The average molecular weight is 293 g/mol. The van der Waals surface area contributed by atoms with Crippen LogP contribution in [-0.2, 0) is 16.6 Å². The number of hydrogen-bond donors (Lipinski definition) is 2. The number of thiophene rings is 1. The fourth-order valence-corrected chi connectivity index (χ4v) is 5.45. The van der Waals surface area contributed by atoms with E-state index in [9.17, 15) is 8.42 Å². The lowest BCUT2D eigenvalue weighted by Gasteiger charge is -2.10. The van der Waals surface area contributed by atoms with Crippen molar-refractivity contribution >= 4 is 33.1 Å². The molecule has 1 atom stereocenters. The van der Waals surface area contributed by atoms with Gasteiger partial charge >= 0.3 is 0 Å². The van der Waals surface area contributed by atoms with E-state index in [-0.39, 0.29) is 11.5 Å². The molecule has 7 heteroatoms. The first kappa shape index (κ1) is 13.4. The molecule has 0 saturated carbocycles. The maximum atomic E-state index is 12.0. The average Bonchev–Trinajstić information content (AvgIpc) is 2.97. The Morgan fingerprint density at radius 2 is 2.35 bits per heavy atom. The van der Waals surface area contributed by atoms with Crippen LogP contribution in [0.5, 0.6) is 0 Å². The van der Waals surface area contributed by atoms with E-state index < -0.39 is 10.0 Å². The highest BCUT2D eigenvalue weighted by atomic mass is 32.2. The Labute approximate surface area is 109 Å². The van der Waals surface area contributed by atoms with Gasteiger partial charge < -0.3 is 5.11 Å². The summed E-state index contributed by atoms with van der Waals surface area (Å²) in [5.74, 6) is 1.12. The highest BCUT2D eigenvalue weighted by molar-refractivity contribution is 8.00. The van der Waals surface area contributed by atoms with Crippen molar-refractivity contribution in [1.82, 2.24) is 4.72 Å². The number of nitrogens with one attached hydrogen (secondary N) is 1. The molecule has 0 amide bonds. The van der Waals surface area contributed by atoms with Crippen LogP contribution in [0, 0.1) is 0 Å². The van der Waals surface area contributed by atoms with Gasteiger partial charge in [0.1, 0.15) is 0 Å². The van der Waals surface area contributed by atoms with Gasteiger partial charge in [-0.25, -0.2) is 13.1 Å². The van der Waals surface area contributed by atoms with Gasteiger partial charge in [0.05, 0.1) is 11.5 Å². The van der Waals surface area contributed by atoms with Crippen LogP contribution in [0.25, 0.3) is 0 Å². The standard InChI is InChI=1S/C10H15NO3S3/c12-7-9-10(3-5-16-9)17(13,14)11-6-8-2-1-4-15-8/h3,5,8,11-12H,1-2,4,6-7H2. The molecule has 0 spiro atoms. The van der Waals surface area contributed by atoms with Crippen molar-refractivity contribution in [2.75, 3.05) is 12.3 Å². The summed E-state index contributed by atoms with van der Waals surface area (Å²) in [5, 5.41) is 11.1. The van der Waals surface area contributed by atoms with E-state index in [0.29, 0.717) is 16.7 Å². The van der Waals surface area contributed by atoms with Crippen molar-refractivity contribution < 1.29 is 13.5 Å². The molecule has 0 aliphatic carbocycles. The molecular weight excluding hydrogens is 278 g/mol. The van der Waals surface area contributed by atoms with Crippen molar-refractivity contribution in [1.29, 1.82) is 0 Å². The second-order valence-electron chi connectivity index (χ2n) is 3.85. The predicted octanol–water partition coefficient (Wildman–Crippen LogP) is 1.41. The zero-order valence-corrected chi connectivity index (χ0v) is 11.7. The lowest BCUT2D eigenvalue weighted by molar-refractivity contribution is 0.282. The molecule has 1 unspecified atom stereocenters. The Balaban J connectivity index is 2.03. The first-order valence-electron chi connectivity index (χ1n) is 5.42. The number of rotatable bonds is 5. The lowest BCUT2D eigenvalue weighted by Crippen LogP contribution is -2.30. The molecule has 1 fully saturated rings. The van der Waals surface area contributed by atoms with Crippen molar-refractivity contribution in [3.63, 3.8) is 0 Å². The largest absolute Gasteiger partial charge is 0.391 e. The molecule has 0 aromatic carbocycles. The predicted molar refractivity (Wildman–Crippen MR) is 70.9 cm³/mol. The molecule has 1 saturated heterocycles. The van der Waals surface area contributed by atoms with Crippen LogP contribution in [0.1, 0.15) is 17.7 Å². The number of aliphatic hydroxyl groups excluding tert-OH is 1. The second kappa shape index (κ2) is 5.71. The molecular formula is C10H15NO3S3. The zero-order chi connectivity index (χ0) is 12.3. The van der Waals surface area contributed by atoms with Crippen molar-refractivity contribution in [3.05, 3.63) is 16.3 Å². The maximum absolute atomic E-state index is 12.0. The van der Waals surface area contributed by atoms with E-state index in [1.165, 1.54) is 11.3 Å². The van der Waals surface area contributed by atoms with Gasteiger partial charge in [0, 0.05) is 16.7 Å². The highest BCUT2D eigenvalue weighted by Crippen LogP contribution is 2.26. The third-order valence-corrected chi connectivity index (χ3v) is 6.60. The van der Waals surface area contributed by atoms with Crippen molar-refractivity contribution in [2.24, 2.45) is 0 Å². The maximum Gasteiger partial charge on any atom is 0.241 e. The normalized spacial score (nSPS) is 20.9. The molecule has 1 aromatic heterocycles. The van der Waals surface area contributed by atoms with Gasteiger partial charge in [-0.05, 0) is 30.0 Å². The van der Waals surface area contributed by atoms with Crippen LogP contribution < -0.4 is 4.72 Å². The van der Waals surface area contributed by atoms with Gasteiger partial charge in [-0.3, -0.25) is 0 Å². The number of thioether (sulfide) groups is 1. The summed E-state index contributed by atoms with van der Waals surface area (Å²) >= 11 is 3.08. The molecule has 2 N–H and O–H groups in total. The molecule has 1 aliphatic rings. The Hall–Kier alpha value is -0.0800. The van der Waals surface area contributed by atoms with Gasteiger partial charge in [-0.2, -0.15) is 11.8 Å². The molecule has 1 aliphatic heterocycles. The molecule has 0 radical (unpaired) electrons. The SMILES string of the molecule is O=S(=O)(NCC1CCCS1)c1ccsc1CO. The van der Waals surface area contributed by atoms with E-state index in [4.69, 9.17) is 5.11 Å². The van der Waals surface area contributed by atoms with Gasteiger partial charge in [0.2, 0.25) is 10.0 Å². The number of aliphatic hydroxyl groups is 1. The molecule has 96 valence electrons. The van der Waals surface area contributed by atoms with E-state index in [2.05, 4.69) is 4.72 Å². The number of sulfonamides is 1. The first-order valence-corrected chi connectivity index (χ1v) is 8.83. The lowest BCUT2D eigenvalue weighted by atomic mass is 10.2. The van der Waals surface area contributed by atoms with E-state index in [0.717, 1.165) is 18.6 Å². The monoisotopic (exact) mass is 293 g/mol. The quantitative estimate of drug-likeness (QED) is 0.861. The summed E-state index contributed by atoms with van der Waals surface area (Å²) in [7, 11) is -3.46. The van der Waals surface area contributed by atoms with Gasteiger partial charge in [-0.15, -0.1) is 11.3 Å².